The Morgan fingerprint density at radius 1 is 1.15 bits per heavy atom. The molecule has 0 bridgehead atoms. The minimum Gasteiger partial charge on any atom is -0.479 e. The first-order valence-electron chi connectivity index (χ1n) is 5.98. The summed E-state index contributed by atoms with van der Waals surface area (Å²) in [5, 5.41) is 13.5. The smallest absolute Gasteiger partial charge is 0.330 e. The van der Waals surface area contributed by atoms with Crippen LogP contribution in [0, 0.1) is 6.92 Å². The molecule has 0 saturated carbocycles. The Kier molecular flexibility index (Phi) is 4.53. The number of halogens is 2. The molecular weight excluding hydrogens is 297 g/mol. The average molecular weight is 310 g/mol. The quantitative estimate of drug-likeness (QED) is 0.871. The van der Waals surface area contributed by atoms with E-state index in [2.05, 4.69) is 5.32 Å². The number of hydrogen-bond donors (Lipinski definition) is 2. The molecule has 0 aliphatic heterocycles. The van der Waals surface area contributed by atoms with Crippen molar-refractivity contribution in [2.75, 3.05) is 5.32 Å². The second-order valence-electron chi connectivity index (χ2n) is 4.43. The van der Waals surface area contributed by atoms with Gasteiger partial charge >= 0.3 is 5.97 Å². The lowest BCUT2D eigenvalue weighted by atomic mass is 10.0. The number of anilines is 1. The van der Waals surface area contributed by atoms with Gasteiger partial charge in [-0.2, -0.15) is 0 Å². The molecule has 0 spiro atoms. The maximum Gasteiger partial charge on any atom is 0.330 e. The van der Waals surface area contributed by atoms with Crippen molar-refractivity contribution in [3.63, 3.8) is 0 Å². The normalized spacial score (nSPS) is 11.9. The van der Waals surface area contributed by atoms with Crippen LogP contribution in [0.2, 0.25) is 10.0 Å². The minimum atomic E-state index is -0.972. The first-order valence-corrected chi connectivity index (χ1v) is 6.74. The van der Waals surface area contributed by atoms with Crippen molar-refractivity contribution in [1.29, 1.82) is 0 Å². The number of carboxylic acids is 1. The monoisotopic (exact) mass is 309 g/mol. The Hall–Kier alpha value is -1.71. The van der Waals surface area contributed by atoms with Gasteiger partial charge in [-0.3, -0.25) is 0 Å². The molecule has 0 amide bonds. The molecule has 3 nitrogen and oxygen atoms in total. The molecule has 0 saturated heterocycles. The van der Waals surface area contributed by atoms with Crippen LogP contribution >= 0.6 is 23.2 Å². The van der Waals surface area contributed by atoms with E-state index in [0.717, 1.165) is 5.56 Å². The van der Waals surface area contributed by atoms with Crippen molar-refractivity contribution in [1.82, 2.24) is 0 Å². The molecule has 2 aromatic rings. The fourth-order valence-corrected chi connectivity index (χ4v) is 2.10. The van der Waals surface area contributed by atoms with Crippen molar-refractivity contribution in [2.45, 2.75) is 13.0 Å². The van der Waals surface area contributed by atoms with E-state index in [1.807, 2.05) is 6.92 Å². The molecule has 0 aliphatic rings. The van der Waals surface area contributed by atoms with Crippen LogP contribution in [-0.2, 0) is 4.79 Å². The van der Waals surface area contributed by atoms with Gasteiger partial charge in [-0.15, -0.1) is 0 Å². The highest BCUT2D eigenvalue weighted by Gasteiger charge is 2.20. The van der Waals surface area contributed by atoms with E-state index in [-0.39, 0.29) is 0 Å². The topological polar surface area (TPSA) is 49.3 Å². The van der Waals surface area contributed by atoms with E-state index in [1.54, 1.807) is 42.5 Å². The lowest BCUT2D eigenvalue weighted by molar-refractivity contribution is -0.138. The predicted molar refractivity (Wildman–Crippen MR) is 81.6 cm³/mol. The summed E-state index contributed by atoms with van der Waals surface area (Å²) in [5.41, 5.74) is 2.19. The SMILES string of the molecule is Cc1ccc(C(Nc2ccc(Cl)cc2)C(=O)O)cc1Cl. The van der Waals surface area contributed by atoms with Crippen LogP contribution in [0.15, 0.2) is 42.5 Å². The molecule has 0 aliphatic carbocycles. The van der Waals surface area contributed by atoms with E-state index < -0.39 is 12.0 Å². The van der Waals surface area contributed by atoms with Gasteiger partial charge in [0.15, 0.2) is 6.04 Å². The third kappa shape index (κ3) is 3.44. The molecule has 5 heteroatoms. The van der Waals surface area contributed by atoms with Gasteiger partial charge in [0.05, 0.1) is 0 Å². The number of nitrogens with one attached hydrogen (secondary N) is 1. The molecule has 20 heavy (non-hydrogen) atoms. The minimum absolute atomic E-state index is 0.548. The molecule has 2 rings (SSSR count). The number of rotatable bonds is 4. The van der Waals surface area contributed by atoms with E-state index in [0.29, 0.717) is 21.3 Å². The lowest BCUT2D eigenvalue weighted by Crippen LogP contribution is -2.20. The zero-order chi connectivity index (χ0) is 14.7. The second-order valence-corrected chi connectivity index (χ2v) is 5.27. The van der Waals surface area contributed by atoms with Gasteiger partial charge in [0.2, 0.25) is 0 Å². The van der Waals surface area contributed by atoms with E-state index in [4.69, 9.17) is 23.2 Å². The summed E-state index contributed by atoms with van der Waals surface area (Å²) in [6, 6.07) is 11.2. The summed E-state index contributed by atoms with van der Waals surface area (Å²) in [7, 11) is 0. The summed E-state index contributed by atoms with van der Waals surface area (Å²) in [6.45, 7) is 1.87. The van der Waals surface area contributed by atoms with Gasteiger partial charge in [-0.25, -0.2) is 4.79 Å². The highest BCUT2D eigenvalue weighted by Crippen LogP contribution is 2.25. The van der Waals surface area contributed by atoms with Crippen LogP contribution < -0.4 is 5.32 Å². The maximum absolute atomic E-state index is 11.4. The van der Waals surface area contributed by atoms with Gasteiger partial charge in [-0.1, -0.05) is 35.3 Å². The number of aliphatic carboxylic acids is 1. The summed E-state index contributed by atoms with van der Waals surface area (Å²) < 4.78 is 0. The molecule has 2 aromatic carbocycles. The Balaban J connectivity index is 2.29. The largest absolute Gasteiger partial charge is 0.479 e. The number of aryl methyl sites for hydroxylation is 1. The van der Waals surface area contributed by atoms with Gasteiger partial charge in [0, 0.05) is 15.7 Å². The fraction of sp³-hybridized carbons (Fsp3) is 0.133. The Morgan fingerprint density at radius 3 is 2.35 bits per heavy atom. The molecule has 0 aromatic heterocycles. The zero-order valence-corrected chi connectivity index (χ0v) is 12.2. The molecule has 1 atom stereocenters. The first-order chi connectivity index (χ1) is 9.47. The Bertz CT molecular complexity index is 626. The molecular formula is C15H13Cl2NO2. The number of carboxylic acid groups (broad SMARTS) is 1. The molecule has 1 unspecified atom stereocenters. The van der Waals surface area contributed by atoms with Crippen LogP contribution in [0.1, 0.15) is 17.2 Å². The van der Waals surface area contributed by atoms with E-state index in [9.17, 15) is 9.90 Å². The molecule has 0 fully saturated rings. The van der Waals surface area contributed by atoms with Crippen LogP contribution in [-0.4, -0.2) is 11.1 Å². The summed E-state index contributed by atoms with van der Waals surface area (Å²) in [6.07, 6.45) is 0. The number of hydrogen-bond acceptors (Lipinski definition) is 2. The summed E-state index contributed by atoms with van der Waals surface area (Å²) >= 11 is 11.9. The third-order valence-electron chi connectivity index (χ3n) is 2.93. The number of carbonyl (C=O) groups is 1. The average Bonchev–Trinajstić information content (AvgIpc) is 2.41. The zero-order valence-electron chi connectivity index (χ0n) is 10.7. The molecule has 0 radical (unpaired) electrons. The van der Waals surface area contributed by atoms with Crippen molar-refractivity contribution in [3.05, 3.63) is 63.6 Å². The lowest BCUT2D eigenvalue weighted by Gasteiger charge is -2.17. The maximum atomic E-state index is 11.4. The van der Waals surface area contributed by atoms with Gasteiger partial charge in [-0.05, 0) is 48.4 Å². The van der Waals surface area contributed by atoms with Gasteiger partial charge < -0.3 is 10.4 Å². The Morgan fingerprint density at radius 2 is 1.80 bits per heavy atom. The highest BCUT2D eigenvalue weighted by atomic mass is 35.5. The summed E-state index contributed by atoms with van der Waals surface area (Å²) in [4.78, 5) is 11.4. The standard InChI is InChI=1S/C15H13Cl2NO2/c1-9-2-3-10(8-13(9)17)14(15(19)20)18-12-6-4-11(16)5-7-12/h2-8,14,18H,1H3,(H,19,20). The van der Waals surface area contributed by atoms with Crippen molar-refractivity contribution < 1.29 is 9.90 Å². The van der Waals surface area contributed by atoms with Crippen molar-refractivity contribution >= 4 is 34.9 Å². The van der Waals surface area contributed by atoms with Crippen molar-refractivity contribution in [3.8, 4) is 0 Å². The van der Waals surface area contributed by atoms with Crippen LogP contribution in [0.5, 0.6) is 0 Å². The third-order valence-corrected chi connectivity index (χ3v) is 3.59. The summed E-state index contributed by atoms with van der Waals surface area (Å²) in [5.74, 6) is -0.972. The molecule has 2 N–H and O–H groups in total. The second kappa shape index (κ2) is 6.16. The van der Waals surface area contributed by atoms with E-state index in [1.165, 1.54) is 0 Å². The Labute approximate surface area is 127 Å². The van der Waals surface area contributed by atoms with Gasteiger partial charge in [0.25, 0.3) is 0 Å². The van der Waals surface area contributed by atoms with Crippen molar-refractivity contribution in [2.24, 2.45) is 0 Å². The van der Waals surface area contributed by atoms with E-state index >= 15 is 0 Å². The number of benzene rings is 2. The molecule has 0 heterocycles. The van der Waals surface area contributed by atoms with Crippen LogP contribution in [0.4, 0.5) is 5.69 Å². The van der Waals surface area contributed by atoms with Crippen LogP contribution in [0.25, 0.3) is 0 Å². The fourth-order valence-electron chi connectivity index (χ4n) is 1.79. The van der Waals surface area contributed by atoms with Crippen LogP contribution in [0.3, 0.4) is 0 Å². The first kappa shape index (κ1) is 14.7. The predicted octanol–water partition coefficient (Wildman–Crippen LogP) is 4.54. The van der Waals surface area contributed by atoms with Gasteiger partial charge in [0.1, 0.15) is 0 Å². The highest BCUT2D eigenvalue weighted by molar-refractivity contribution is 6.31. The molecule has 104 valence electrons.